The van der Waals surface area contributed by atoms with E-state index in [0.29, 0.717) is 5.56 Å². The molecule has 0 aromatic heterocycles. The summed E-state index contributed by atoms with van der Waals surface area (Å²) in [6.45, 7) is 5.31. The molecule has 0 radical (unpaired) electrons. The quantitative estimate of drug-likeness (QED) is 0.803. The van der Waals surface area contributed by atoms with E-state index in [-0.39, 0.29) is 18.5 Å². The standard InChI is InChI=1S/C17H19BrFNO/c1-3-20-12(2)13-5-4-6-16(10-13)21-11-14-9-15(18)7-8-17(14)19/h4-10,12,20H,3,11H2,1-2H3. The predicted octanol–water partition coefficient (Wildman–Crippen LogP) is 4.84. The first-order valence-electron chi connectivity index (χ1n) is 7.00. The fraction of sp³-hybridized carbons (Fsp3) is 0.294. The highest BCUT2D eigenvalue weighted by Gasteiger charge is 2.07. The van der Waals surface area contributed by atoms with Gasteiger partial charge >= 0.3 is 0 Å². The van der Waals surface area contributed by atoms with Crippen molar-refractivity contribution in [2.24, 2.45) is 0 Å². The lowest BCUT2D eigenvalue weighted by Gasteiger charge is -2.14. The third-order valence-corrected chi connectivity index (χ3v) is 3.76. The lowest BCUT2D eigenvalue weighted by molar-refractivity contribution is 0.299. The second kappa shape index (κ2) is 7.57. The largest absolute Gasteiger partial charge is 0.489 e. The molecule has 1 atom stereocenters. The summed E-state index contributed by atoms with van der Waals surface area (Å²) < 4.78 is 20.2. The topological polar surface area (TPSA) is 21.3 Å². The van der Waals surface area contributed by atoms with Gasteiger partial charge in [0, 0.05) is 16.1 Å². The van der Waals surface area contributed by atoms with Crippen LogP contribution in [0.1, 0.15) is 31.0 Å². The highest BCUT2D eigenvalue weighted by molar-refractivity contribution is 9.10. The average Bonchev–Trinajstić information content (AvgIpc) is 2.49. The average molecular weight is 352 g/mol. The molecule has 2 aromatic rings. The smallest absolute Gasteiger partial charge is 0.129 e. The zero-order valence-corrected chi connectivity index (χ0v) is 13.8. The van der Waals surface area contributed by atoms with Crippen LogP contribution < -0.4 is 10.1 Å². The summed E-state index contributed by atoms with van der Waals surface area (Å²) in [5, 5.41) is 3.36. The van der Waals surface area contributed by atoms with E-state index in [1.54, 1.807) is 12.1 Å². The van der Waals surface area contributed by atoms with Gasteiger partial charge in [0.15, 0.2) is 0 Å². The molecular weight excluding hydrogens is 333 g/mol. The molecule has 4 heteroatoms. The maximum Gasteiger partial charge on any atom is 0.129 e. The third-order valence-electron chi connectivity index (χ3n) is 3.27. The Bertz CT molecular complexity index is 603. The molecule has 0 aliphatic heterocycles. The van der Waals surface area contributed by atoms with Crippen LogP contribution in [0.25, 0.3) is 0 Å². The Labute approximate surface area is 133 Å². The molecule has 0 aliphatic carbocycles. The van der Waals surface area contributed by atoms with Gasteiger partial charge in [-0.05, 0) is 49.4 Å². The van der Waals surface area contributed by atoms with E-state index in [1.807, 2.05) is 18.2 Å². The van der Waals surface area contributed by atoms with Gasteiger partial charge in [-0.25, -0.2) is 4.39 Å². The number of hydrogen-bond acceptors (Lipinski definition) is 2. The van der Waals surface area contributed by atoms with Crippen molar-refractivity contribution in [3.63, 3.8) is 0 Å². The van der Waals surface area contributed by atoms with Gasteiger partial charge in [-0.15, -0.1) is 0 Å². The maximum absolute atomic E-state index is 13.7. The second-order valence-electron chi connectivity index (χ2n) is 4.88. The van der Waals surface area contributed by atoms with Crippen molar-refractivity contribution in [2.75, 3.05) is 6.54 Å². The lowest BCUT2D eigenvalue weighted by atomic mass is 10.1. The molecule has 1 N–H and O–H groups in total. The van der Waals surface area contributed by atoms with E-state index in [2.05, 4.69) is 41.2 Å². The SMILES string of the molecule is CCNC(C)c1cccc(OCc2cc(Br)ccc2F)c1. The molecule has 0 heterocycles. The van der Waals surface area contributed by atoms with Crippen LogP contribution in [0, 0.1) is 5.82 Å². The molecule has 2 aromatic carbocycles. The monoisotopic (exact) mass is 351 g/mol. The van der Waals surface area contributed by atoms with Crippen LogP contribution in [-0.2, 0) is 6.61 Å². The van der Waals surface area contributed by atoms with Crippen LogP contribution in [-0.4, -0.2) is 6.54 Å². The Morgan fingerprint density at radius 3 is 2.81 bits per heavy atom. The van der Waals surface area contributed by atoms with Crippen molar-refractivity contribution in [3.8, 4) is 5.75 Å². The van der Waals surface area contributed by atoms with E-state index < -0.39 is 0 Å². The molecule has 0 bridgehead atoms. The summed E-state index contributed by atoms with van der Waals surface area (Å²) >= 11 is 3.34. The van der Waals surface area contributed by atoms with Crippen molar-refractivity contribution in [3.05, 3.63) is 63.9 Å². The van der Waals surface area contributed by atoms with Crippen molar-refractivity contribution in [2.45, 2.75) is 26.5 Å². The first-order valence-corrected chi connectivity index (χ1v) is 7.79. The molecule has 0 amide bonds. The maximum atomic E-state index is 13.7. The summed E-state index contributed by atoms with van der Waals surface area (Å²) in [4.78, 5) is 0. The van der Waals surface area contributed by atoms with Gasteiger partial charge in [-0.3, -0.25) is 0 Å². The van der Waals surface area contributed by atoms with Gasteiger partial charge in [-0.2, -0.15) is 0 Å². The van der Waals surface area contributed by atoms with Gasteiger partial charge in [0.2, 0.25) is 0 Å². The number of halogens is 2. The van der Waals surface area contributed by atoms with Crippen molar-refractivity contribution < 1.29 is 9.13 Å². The van der Waals surface area contributed by atoms with E-state index in [4.69, 9.17) is 4.74 Å². The Morgan fingerprint density at radius 2 is 2.05 bits per heavy atom. The zero-order chi connectivity index (χ0) is 15.2. The van der Waals surface area contributed by atoms with Crippen LogP contribution >= 0.6 is 15.9 Å². The molecule has 0 aliphatic rings. The van der Waals surface area contributed by atoms with Crippen molar-refractivity contribution in [1.29, 1.82) is 0 Å². The van der Waals surface area contributed by atoms with Crippen LogP contribution in [0.3, 0.4) is 0 Å². The van der Waals surface area contributed by atoms with Crippen molar-refractivity contribution >= 4 is 15.9 Å². The minimum Gasteiger partial charge on any atom is -0.489 e. The summed E-state index contributed by atoms with van der Waals surface area (Å²) in [5.74, 6) is 0.493. The minimum absolute atomic E-state index is 0.213. The molecule has 1 unspecified atom stereocenters. The Hall–Kier alpha value is -1.39. The summed E-state index contributed by atoms with van der Waals surface area (Å²) in [6.07, 6.45) is 0. The highest BCUT2D eigenvalue weighted by Crippen LogP contribution is 2.21. The zero-order valence-electron chi connectivity index (χ0n) is 12.2. The molecule has 0 saturated heterocycles. The number of benzene rings is 2. The van der Waals surface area contributed by atoms with Crippen LogP contribution in [0.2, 0.25) is 0 Å². The molecular formula is C17H19BrFNO. The lowest BCUT2D eigenvalue weighted by Crippen LogP contribution is -2.17. The Morgan fingerprint density at radius 1 is 1.24 bits per heavy atom. The number of hydrogen-bond donors (Lipinski definition) is 1. The van der Waals surface area contributed by atoms with Crippen LogP contribution in [0.4, 0.5) is 4.39 Å². The molecule has 0 spiro atoms. The normalized spacial score (nSPS) is 12.2. The first-order chi connectivity index (χ1) is 10.1. The summed E-state index contributed by atoms with van der Waals surface area (Å²) in [5.41, 5.74) is 1.69. The van der Waals surface area contributed by atoms with Gasteiger partial charge in [0.25, 0.3) is 0 Å². The van der Waals surface area contributed by atoms with Crippen LogP contribution in [0.5, 0.6) is 5.75 Å². The van der Waals surface area contributed by atoms with Gasteiger partial charge < -0.3 is 10.1 Å². The molecule has 0 saturated carbocycles. The van der Waals surface area contributed by atoms with E-state index in [1.165, 1.54) is 6.07 Å². The fourth-order valence-electron chi connectivity index (χ4n) is 2.11. The number of ether oxygens (including phenoxy) is 1. The van der Waals surface area contributed by atoms with Gasteiger partial charge in [-0.1, -0.05) is 35.0 Å². The molecule has 112 valence electrons. The molecule has 2 nitrogen and oxygen atoms in total. The molecule has 2 rings (SSSR count). The predicted molar refractivity (Wildman–Crippen MR) is 87.0 cm³/mol. The fourth-order valence-corrected chi connectivity index (χ4v) is 2.52. The Balaban J connectivity index is 2.06. The van der Waals surface area contributed by atoms with Crippen molar-refractivity contribution in [1.82, 2.24) is 5.32 Å². The van der Waals surface area contributed by atoms with E-state index in [0.717, 1.165) is 22.3 Å². The van der Waals surface area contributed by atoms with Gasteiger partial charge in [0.1, 0.15) is 18.2 Å². The van der Waals surface area contributed by atoms with Crippen LogP contribution in [0.15, 0.2) is 46.9 Å². The first kappa shape index (κ1) is 16.0. The van der Waals surface area contributed by atoms with Gasteiger partial charge in [0.05, 0.1) is 0 Å². The second-order valence-corrected chi connectivity index (χ2v) is 5.79. The third kappa shape index (κ3) is 4.55. The minimum atomic E-state index is -0.254. The summed E-state index contributed by atoms with van der Waals surface area (Å²) in [6, 6.07) is 13.0. The molecule has 21 heavy (non-hydrogen) atoms. The number of nitrogens with one attached hydrogen (secondary N) is 1. The van der Waals surface area contributed by atoms with E-state index in [9.17, 15) is 4.39 Å². The Kier molecular flexibility index (Phi) is 5.76. The summed E-state index contributed by atoms with van der Waals surface area (Å²) in [7, 11) is 0. The van der Waals surface area contributed by atoms with E-state index >= 15 is 0 Å². The highest BCUT2D eigenvalue weighted by atomic mass is 79.9. The molecule has 0 fully saturated rings. The number of rotatable bonds is 6.